The van der Waals surface area contributed by atoms with Crippen molar-refractivity contribution in [2.45, 2.75) is 25.9 Å². The van der Waals surface area contributed by atoms with Crippen molar-refractivity contribution in [2.75, 3.05) is 41.5 Å². The molecule has 41 heavy (non-hydrogen) atoms. The highest BCUT2D eigenvalue weighted by Crippen LogP contribution is 2.59. The number of carbonyl (C=O) groups excluding carboxylic acids is 3. The minimum absolute atomic E-state index is 0.0738. The smallest absolute Gasteiger partial charge is 0.312 e. The van der Waals surface area contributed by atoms with Gasteiger partial charge >= 0.3 is 5.97 Å². The first-order chi connectivity index (χ1) is 19.6. The van der Waals surface area contributed by atoms with E-state index in [0.717, 1.165) is 17.4 Å². The van der Waals surface area contributed by atoms with E-state index in [4.69, 9.17) is 18.9 Å². The van der Waals surface area contributed by atoms with E-state index in [1.54, 1.807) is 56.4 Å². The van der Waals surface area contributed by atoms with Crippen LogP contribution in [0.15, 0.2) is 36.4 Å². The summed E-state index contributed by atoms with van der Waals surface area (Å²) in [6, 6.07) is 10.9. The lowest BCUT2D eigenvalue weighted by Crippen LogP contribution is -2.31. The third-order valence-electron chi connectivity index (χ3n) is 8.74. The average Bonchev–Trinajstić information content (AvgIpc) is 3.86. The monoisotopic (exact) mass is 566 g/mol. The van der Waals surface area contributed by atoms with Crippen LogP contribution in [0.2, 0.25) is 0 Å². The largest absolute Gasteiger partial charge is 0.497 e. The first-order valence-corrected chi connectivity index (χ1v) is 13.3. The van der Waals surface area contributed by atoms with Gasteiger partial charge in [-0.3, -0.25) is 14.4 Å². The summed E-state index contributed by atoms with van der Waals surface area (Å²) in [5.74, 6) is 1.41. The number of aldehydes is 1. The van der Waals surface area contributed by atoms with Crippen molar-refractivity contribution < 1.29 is 43.2 Å². The van der Waals surface area contributed by atoms with E-state index >= 15 is 0 Å². The summed E-state index contributed by atoms with van der Waals surface area (Å²) in [6.07, 6.45) is 2.13. The van der Waals surface area contributed by atoms with Gasteiger partial charge in [0.15, 0.2) is 0 Å². The van der Waals surface area contributed by atoms with Crippen LogP contribution in [0.4, 0.5) is 0 Å². The second kappa shape index (κ2) is 10.6. The molecule has 2 saturated heterocycles. The first kappa shape index (κ1) is 28.3. The molecule has 2 saturated carbocycles. The van der Waals surface area contributed by atoms with Crippen LogP contribution in [0, 0.1) is 22.7 Å². The predicted molar refractivity (Wildman–Crippen MR) is 145 cm³/mol. The normalized spacial score (nSPS) is 26.8. The topological polar surface area (TPSA) is 132 Å². The lowest BCUT2D eigenvalue weighted by molar-refractivity contribution is -0.143. The van der Waals surface area contributed by atoms with E-state index in [1.807, 2.05) is 18.2 Å². The Morgan fingerprint density at radius 1 is 0.829 bits per heavy atom. The van der Waals surface area contributed by atoms with Crippen molar-refractivity contribution >= 4 is 24.1 Å². The molecule has 11 nitrogen and oxygen atoms in total. The van der Waals surface area contributed by atoms with Gasteiger partial charge in [-0.05, 0) is 37.1 Å². The van der Waals surface area contributed by atoms with Crippen molar-refractivity contribution in [1.82, 2.24) is 9.80 Å². The molecule has 0 spiro atoms. The van der Waals surface area contributed by atoms with Gasteiger partial charge in [-0.1, -0.05) is 0 Å². The summed E-state index contributed by atoms with van der Waals surface area (Å²) in [6.45, 7) is 1.63. The molecule has 2 aromatic rings. The Morgan fingerprint density at radius 3 is 1.76 bits per heavy atom. The fraction of sp³-hybridized carbons (Fsp3) is 0.467. The van der Waals surface area contributed by atoms with E-state index in [-0.39, 0.29) is 30.2 Å². The molecule has 4 unspecified atom stereocenters. The molecule has 0 radical (unpaired) electrons. The first-order valence-electron chi connectivity index (χ1n) is 13.3. The van der Waals surface area contributed by atoms with E-state index in [1.165, 1.54) is 0 Å². The second-order valence-corrected chi connectivity index (χ2v) is 11.1. The predicted octanol–water partition coefficient (Wildman–Crippen LogP) is 2.39. The Balaban J connectivity index is 0.000000165. The molecular weight excluding hydrogens is 532 g/mol. The van der Waals surface area contributed by atoms with Gasteiger partial charge in [0.2, 0.25) is 11.8 Å². The molecule has 218 valence electrons. The number of benzene rings is 2. The molecule has 0 aromatic heterocycles. The van der Waals surface area contributed by atoms with Gasteiger partial charge < -0.3 is 38.6 Å². The van der Waals surface area contributed by atoms with Gasteiger partial charge in [-0.25, -0.2) is 0 Å². The number of amides is 2. The Labute approximate surface area is 237 Å². The van der Waals surface area contributed by atoms with Crippen molar-refractivity contribution in [3.05, 3.63) is 47.5 Å². The van der Waals surface area contributed by atoms with Gasteiger partial charge in [-0.2, -0.15) is 0 Å². The van der Waals surface area contributed by atoms with Gasteiger partial charge in [-0.15, -0.1) is 0 Å². The fourth-order valence-electron chi connectivity index (χ4n) is 6.04. The summed E-state index contributed by atoms with van der Waals surface area (Å²) in [5, 5.41) is 9.26. The molecular formula is C30H34N2O9. The second-order valence-electron chi connectivity index (χ2n) is 11.1. The van der Waals surface area contributed by atoms with Crippen LogP contribution < -0.4 is 18.9 Å². The highest BCUT2D eigenvalue weighted by molar-refractivity contribution is 5.96. The van der Waals surface area contributed by atoms with Gasteiger partial charge in [0.25, 0.3) is 0 Å². The SMILES string of the molecule is COc1ccc(CN2CC3(C(=O)O)CC3C2=O)c(OC)c1.COc1ccc(CN2CC3(C=O)CC3C2=O)c(OC)c1. The standard InChI is InChI=1S/C15H17NO5.C15H17NO4/c1-20-10-4-3-9(12(5-10)21-2)7-16-8-15(14(18)19)6-11(15)13(16)17;1-19-11-4-3-10(13(5-11)20-2)7-16-8-15(9-17)6-12(15)14(16)18/h3-5,11H,6-8H2,1-2H3,(H,18,19);3-5,9,12H,6-8H2,1-2H3. The number of likely N-dealkylation sites (tertiary alicyclic amines) is 2. The van der Waals surface area contributed by atoms with Gasteiger partial charge in [0, 0.05) is 49.4 Å². The highest BCUT2D eigenvalue weighted by Gasteiger charge is 2.70. The van der Waals surface area contributed by atoms with E-state index in [2.05, 4.69) is 0 Å². The van der Waals surface area contributed by atoms with Crippen molar-refractivity contribution in [1.29, 1.82) is 0 Å². The van der Waals surface area contributed by atoms with Crippen LogP contribution in [-0.2, 0) is 32.3 Å². The number of carboxylic acid groups (broad SMARTS) is 1. The molecule has 2 aliphatic carbocycles. The maximum Gasteiger partial charge on any atom is 0.312 e. The zero-order valence-electron chi connectivity index (χ0n) is 23.5. The number of piperidine rings is 2. The molecule has 1 N–H and O–H groups in total. The van der Waals surface area contributed by atoms with Crippen LogP contribution >= 0.6 is 0 Å². The number of carbonyl (C=O) groups is 4. The fourth-order valence-corrected chi connectivity index (χ4v) is 6.04. The number of aliphatic carboxylic acids is 1. The summed E-state index contributed by atoms with van der Waals surface area (Å²) in [5.41, 5.74) is 0.505. The molecule has 2 heterocycles. The molecule has 6 rings (SSSR count). The lowest BCUT2D eigenvalue weighted by atomic mass is 10.1. The Morgan fingerprint density at radius 2 is 1.34 bits per heavy atom. The molecule has 4 fully saturated rings. The highest BCUT2D eigenvalue weighted by atomic mass is 16.5. The number of fused-ring (bicyclic) bond motifs is 2. The van der Waals surface area contributed by atoms with Crippen molar-refractivity contribution in [3.63, 3.8) is 0 Å². The third kappa shape index (κ3) is 4.93. The molecule has 0 bridgehead atoms. The maximum absolute atomic E-state index is 12.2. The summed E-state index contributed by atoms with van der Waals surface area (Å²) in [4.78, 5) is 50.1. The van der Waals surface area contributed by atoms with Crippen LogP contribution in [0.1, 0.15) is 24.0 Å². The molecule has 4 atom stereocenters. The van der Waals surface area contributed by atoms with Gasteiger partial charge in [0.1, 0.15) is 29.3 Å². The number of hydrogen-bond donors (Lipinski definition) is 1. The van der Waals surface area contributed by atoms with Crippen molar-refractivity contribution in [2.24, 2.45) is 22.7 Å². The minimum atomic E-state index is -0.870. The number of ether oxygens (including phenoxy) is 4. The number of carboxylic acids is 1. The summed E-state index contributed by atoms with van der Waals surface area (Å²) < 4.78 is 20.9. The molecule has 4 aliphatic rings. The van der Waals surface area contributed by atoms with Crippen LogP contribution in [0.3, 0.4) is 0 Å². The number of methoxy groups -OCH3 is 4. The average molecular weight is 567 g/mol. The number of rotatable bonds is 10. The zero-order valence-corrected chi connectivity index (χ0v) is 23.5. The maximum atomic E-state index is 12.2. The van der Waals surface area contributed by atoms with E-state index < -0.39 is 16.8 Å². The Bertz CT molecular complexity index is 1390. The zero-order chi connectivity index (χ0) is 29.5. The Hall–Kier alpha value is -4.28. The molecule has 2 aliphatic heterocycles. The number of hydrogen-bond acceptors (Lipinski definition) is 8. The number of nitrogens with zero attached hydrogens (tertiary/aromatic N) is 2. The minimum Gasteiger partial charge on any atom is -0.497 e. The van der Waals surface area contributed by atoms with Crippen molar-refractivity contribution in [3.8, 4) is 23.0 Å². The molecule has 2 aromatic carbocycles. The van der Waals surface area contributed by atoms with Crippen LogP contribution in [0.5, 0.6) is 23.0 Å². The molecule has 11 heteroatoms. The summed E-state index contributed by atoms with van der Waals surface area (Å²) >= 11 is 0. The van der Waals surface area contributed by atoms with Gasteiger partial charge in [0.05, 0.1) is 51.1 Å². The van der Waals surface area contributed by atoms with E-state index in [0.29, 0.717) is 55.5 Å². The summed E-state index contributed by atoms with van der Waals surface area (Å²) in [7, 11) is 6.32. The molecule has 2 amide bonds. The van der Waals surface area contributed by atoms with Crippen LogP contribution in [-0.4, -0.2) is 80.5 Å². The van der Waals surface area contributed by atoms with E-state index in [9.17, 15) is 24.3 Å². The lowest BCUT2D eigenvalue weighted by Gasteiger charge is -2.21. The Kier molecular flexibility index (Phi) is 7.31. The quantitative estimate of drug-likeness (QED) is 0.431. The third-order valence-corrected chi connectivity index (χ3v) is 8.74. The van der Waals surface area contributed by atoms with Crippen LogP contribution in [0.25, 0.3) is 0 Å².